The fourth-order valence-electron chi connectivity index (χ4n) is 2.22. The van der Waals surface area contributed by atoms with Gasteiger partial charge in [-0.15, -0.1) is 13.2 Å². The molecule has 1 N–H and O–H groups in total. The van der Waals surface area contributed by atoms with Gasteiger partial charge in [-0.3, -0.25) is 4.90 Å². The molecule has 3 nitrogen and oxygen atoms in total. The summed E-state index contributed by atoms with van der Waals surface area (Å²) in [5, 5.41) is 3.25. The first kappa shape index (κ1) is 15.6. The number of halogens is 4. The molecule has 20 heavy (non-hydrogen) atoms. The molecule has 1 aromatic rings. The Morgan fingerprint density at radius 1 is 1.45 bits per heavy atom. The summed E-state index contributed by atoms with van der Waals surface area (Å²) in [6, 6.07) is 5.03. The van der Waals surface area contributed by atoms with Crippen LogP contribution in [0.3, 0.4) is 0 Å². The van der Waals surface area contributed by atoms with Crippen molar-refractivity contribution >= 4 is 15.9 Å². The Balaban J connectivity index is 2.17. The van der Waals surface area contributed by atoms with E-state index in [1.807, 2.05) is 0 Å². The molecule has 112 valence electrons. The zero-order valence-electron chi connectivity index (χ0n) is 11.0. The molecule has 0 radical (unpaired) electrons. The van der Waals surface area contributed by atoms with Crippen molar-refractivity contribution in [3.8, 4) is 5.75 Å². The van der Waals surface area contributed by atoms with Gasteiger partial charge in [0.15, 0.2) is 0 Å². The van der Waals surface area contributed by atoms with Gasteiger partial charge in [0.05, 0.1) is 0 Å². The maximum Gasteiger partial charge on any atom is 0.573 e. The summed E-state index contributed by atoms with van der Waals surface area (Å²) < 4.78 is 42.0. The molecule has 0 bridgehead atoms. The van der Waals surface area contributed by atoms with E-state index in [2.05, 4.69) is 37.8 Å². The number of nitrogens with zero attached hydrogens (tertiary/aromatic N) is 1. The molecule has 0 saturated carbocycles. The molecular weight excluding hydrogens is 337 g/mol. The van der Waals surface area contributed by atoms with E-state index in [1.54, 1.807) is 12.1 Å². The van der Waals surface area contributed by atoms with Gasteiger partial charge in [-0.25, -0.2) is 0 Å². The number of rotatable bonds is 3. The lowest BCUT2D eigenvalue weighted by molar-refractivity contribution is -0.275. The maximum atomic E-state index is 12.4. The molecule has 0 amide bonds. The lowest BCUT2D eigenvalue weighted by Gasteiger charge is -2.34. The lowest BCUT2D eigenvalue weighted by Crippen LogP contribution is -2.49. The van der Waals surface area contributed by atoms with E-state index in [0.717, 1.165) is 19.6 Å². The summed E-state index contributed by atoms with van der Waals surface area (Å²) >= 11 is 3.17. The highest BCUT2D eigenvalue weighted by molar-refractivity contribution is 9.10. The molecule has 1 saturated heterocycles. The van der Waals surface area contributed by atoms with Gasteiger partial charge in [0.2, 0.25) is 0 Å². The number of benzene rings is 1. The van der Waals surface area contributed by atoms with Crippen LogP contribution >= 0.6 is 15.9 Å². The van der Waals surface area contributed by atoms with E-state index in [0.29, 0.717) is 16.6 Å². The van der Waals surface area contributed by atoms with Crippen molar-refractivity contribution in [1.29, 1.82) is 0 Å². The van der Waals surface area contributed by atoms with Crippen LogP contribution in [0.4, 0.5) is 13.2 Å². The summed E-state index contributed by atoms with van der Waals surface area (Å²) in [6.45, 7) is 4.99. The van der Waals surface area contributed by atoms with Crippen molar-refractivity contribution < 1.29 is 17.9 Å². The molecular formula is C13H16BrF3N2O. The lowest BCUT2D eigenvalue weighted by atomic mass is 10.1. The van der Waals surface area contributed by atoms with Gasteiger partial charge < -0.3 is 10.1 Å². The molecule has 1 unspecified atom stereocenters. The predicted octanol–water partition coefficient (Wildman–Crippen LogP) is 3.14. The van der Waals surface area contributed by atoms with E-state index < -0.39 is 6.36 Å². The highest BCUT2D eigenvalue weighted by Crippen LogP contribution is 2.30. The van der Waals surface area contributed by atoms with E-state index >= 15 is 0 Å². The van der Waals surface area contributed by atoms with Gasteiger partial charge in [0, 0.05) is 42.3 Å². The van der Waals surface area contributed by atoms with Crippen LogP contribution in [0, 0.1) is 0 Å². The maximum absolute atomic E-state index is 12.4. The molecule has 1 aromatic carbocycles. The third-order valence-electron chi connectivity index (χ3n) is 3.27. The monoisotopic (exact) mass is 352 g/mol. The number of ether oxygens (including phenoxy) is 1. The Bertz CT molecular complexity index is 467. The van der Waals surface area contributed by atoms with Gasteiger partial charge in [-0.2, -0.15) is 0 Å². The number of piperazine rings is 1. The van der Waals surface area contributed by atoms with Crippen molar-refractivity contribution in [3.05, 3.63) is 28.2 Å². The first-order chi connectivity index (χ1) is 9.35. The number of hydrogen-bond acceptors (Lipinski definition) is 3. The second kappa shape index (κ2) is 6.32. The van der Waals surface area contributed by atoms with E-state index in [1.165, 1.54) is 6.07 Å². The highest BCUT2D eigenvalue weighted by Gasteiger charge is 2.32. The molecule has 1 aliphatic rings. The minimum atomic E-state index is -4.68. The zero-order valence-corrected chi connectivity index (χ0v) is 12.6. The van der Waals surface area contributed by atoms with Crippen LogP contribution in [0.15, 0.2) is 22.7 Å². The van der Waals surface area contributed by atoms with Crippen LogP contribution in [0.25, 0.3) is 0 Å². The SMILES string of the molecule is CC1CNCCN1Cc1ccc(Br)cc1OC(F)(F)F. The molecule has 1 heterocycles. The van der Waals surface area contributed by atoms with Gasteiger partial charge in [-0.05, 0) is 19.1 Å². The molecule has 0 spiro atoms. The molecule has 1 atom stereocenters. The Labute approximate surface area is 124 Å². The highest BCUT2D eigenvalue weighted by atomic mass is 79.9. The average Bonchev–Trinajstić information content (AvgIpc) is 2.33. The first-order valence-corrected chi connectivity index (χ1v) is 7.13. The number of alkyl halides is 3. The smallest absolute Gasteiger partial charge is 0.405 e. The van der Waals surface area contributed by atoms with E-state index in [9.17, 15) is 13.2 Å². The van der Waals surface area contributed by atoms with Gasteiger partial charge in [-0.1, -0.05) is 22.0 Å². The summed E-state index contributed by atoms with van der Waals surface area (Å²) in [7, 11) is 0. The molecule has 0 aromatic heterocycles. The van der Waals surface area contributed by atoms with Crippen molar-refractivity contribution in [2.24, 2.45) is 0 Å². The van der Waals surface area contributed by atoms with Crippen LogP contribution < -0.4 is 10.1 Å². The molecule has 2 rings (SSSR count). The molecule has 1 aliphatic heterocycles. The van der Waals surface area contributed by atoms with Crippen molar-refractivity contribution in [2.45, 2.75) is 25.9 Å². The van der Waals surface area contributed by atoms with E-state index in [4.69, 9.17) is 0 Å². The third kappa shape index (κ3) is 4.36. The van der Waals surface area contributed by atoms with Crippen molar-refractivity contribution in [2.75, 3.05) is 19.6 Å². The fraction of sp³-hybridized carbons (Fsp3) is 0.538. The summed E-state index contributed by atoms with van der Waals surface area (Å²) in [6.07, 6.45) is -4.68. The fourth-order valence-corrected chi connectivity index (χ4v) is 2.56. The quantitative estimate of drug-likeness (QED) is 0.904. The van der Waals surface area contributed by atoms with Crippen LogP contribution in [0.5, 0.6) is 5.75 Å². The Hall–Kier alpha value is -0.790. The standard InChI is InChI=1S/C13H16BrF3N2O/c1-9-7-18-4-5-19(9)8-10-2-3-11(14)6-12(10)20-13(15,16)17/h2-3,6,9,18H,4-5,7-8H2,1H3. The summed E-state index contributed by atoms with van der Waals surface area (Å²) in [5.74, 6) is -0.141. The largest absolute Gasteiger partial charge is 0.573 e. The third-order valence-corrected chi connectivity index (χ3v) is 3.76. The zero-order chi connectivity index (χ0) is 14.8. The second-order valence-electron chi connectivity index (χ2n) is 4.82. The number of nitrogens with one attached hydrogen (secondary N) is 1. The number of hydrogen-bond donors (Lipinski definition) is 1. The molecule has 7 heteroatoms. The van der Waals surface area contributed by atoms with Gasteiger partial charge in [0.1, 0.15) is 5.75 Å². The van der Waals surface area contributed by atoms with Crippen LogP contribution in [0.2, 0.25) is 0 Å². The summed E-state index contributed by atoms with van der Waals surface area (Å²) in [5.41, 5.74) is 0.541. The Morgan fingerprint density at radius 2 is 2.20 bits per heavy atom. The van der Waals surface area contributed by atoms with E-state index in [-0.39, 0.29) is 11.8 Å². The Morgan fingerprint density at radius 3 is 2.85 bits per heavy atom. The first-order valence-electron chi connectivity index (χ1n) is 6.34. The minimum absolute atomic E-state index is 0.141. The topological polar surface area (TPSA) is 24.5 Å². The van der Waals surface area contributed by atoms with Gasteiger partial charge in [0.25, 0.3) is 0 Å². The van der Waals surface area contributed by atoms with Crippen LogP contribution in [-0.4, -0.2) is 36.9 Å². The normalized spacial score (nSPS) is 20.9. The summed E-state index contributed by atoms with van der Waals surface area (Å²) in [4.78, 5) is 2.14. The molecule has 0 aliphatic carbocycles. The second-order valence-corrected chi connectivity index (χ2v) is 5.74. The van der Waals surface area contributed by atoms with Crippen molar-refractivity contribution in [1.82, 2.24) is 10.2 Å². The Kier molecular flexibility index (Phi) is 4.93. The minimum Gasteiger partial charge on any atom is -0.405 e. The predicted molar refractivity (Wildman–Crippen MR) is 73.6 cm³/mol. The van der Waals surface area contributed by atoms with Crippen LogP contribution in [0.1, 0.15) is 12.5 Å². The van der Waals surface area contributed by atoms with Crippen molar-refractivity contribution in [3.63, 3.8) is 0 Å². The van der Waals surface area contributed by atoms with Crippen LogP contribution in [-0.2, 0) is 6.54 Å². The molecule has 1 fully saturated rings. The van der Waals surface area contributed by atoms with Gasteiger partial charge >= 0.3 is 6.36 Å². The average molecular weight is 353 g/mol.